The molecule has 1 fully saturated rings. The Morgan fingerprint density at radius 1 is 1.28 bits per heavy atom. The molecular formula is C15H24ClNS. The monoisotopic (exact) mass is 285 g/mol. The van der Waals surface area contributed by atoms with E-state index in [9.17, 15) is 0 Å². The number of rotatable bonds is 5. The van der Waals surface area contributed by atoms with Crippen molar-refractivity contribution < 1.29 is 0 Å². The largest absolute Gasteiger partial charge is 0.314 e. The molecule has 0 aliphatic heterocycles. The van der Waals surface area contributed by atoms with Gasteiger partial charge >= 0.3 is 0 Å². The predicted molar refractivity (Wildman–Crippen MR) is 81.5 cm³/mol. The molecule has 102 valence electrons. The highest BCUT2D eigenvalue weighted by Gasteiger charge is 2.66. The number of thiophene rings is 1. The first-order valence-electron chi connectivity index (χ1n) is 6.78. The molecule has 1 unspecified atom stereocenters. The third-order valence-corrected chi connectivity index (χ3v) is 6.30. The second-order valence-electron chi connectivity index (χ2n) is 6.50. The summed E-state index contributed by atoms with van der Waals surface area (Å²) in [5.74, 6) is 0.742. The zero-order chi connectivity index (χ0) is 13.6. The maximum Gasteiger partial charge on any atom is 0.0931 e. The van der Waals surface area contributed by atoms with Gasteiger partial charge in [-0.05, 0) is 41.8 Å². The van der Waals surface area contributed by atoms with Crippen LogP contribution in [-0.4, -0.2) is 12.6 Å². The van der Waals surface area contributed by atoms with E-state index >= 15 is 0 Å². The number of hydrogen-bond donors (Lipinski definition) is 1. The Hall–Kier alpha value is -0.0500. The summed E-state index contributed by atoms with van der Waals surface area (Å²) in [5, 5.41) is 3.68. The molecule has 1 saturated carbocycles. The molecule has 1 aromatic rings. The van der Waals surface area contributed by atoms with Crippen LogP contribution in [0.15, 0.2) is 12.1 Å². The molecule has 18 heavy (non-hydrogen) atoms. The van der Waals surface area contributed by atoms with E-state index < -0.39 is 0 Å². The van der Waals surface area contributed by atoms with Crippen molar-refractivity contribution in [2.75, 3.05) is 6.54 Å². The zero-order valence-electron chi connectivity index (χ0n) is 12.0. The van der Waals surface area contributed by atoms with Crippen LogP contribution >= 0.6 is 22.9 Å². The standard InChI is InChI=1S/C15H24ClNS/c1-6-17-11(9-10-7-8-12(16)18-10)13-14(2,3)15(13,4)5/h7-8,11,13,17H,6,9H2,1-5H3. The first-order chi connectivity index (χ1) is 8.30. The van der Waals surface area contributed by atoms with Gasteiger partial charge in [0.15, 0.2) is 0 Å². The molecule has 2 rings (SSSR count). The molecule has 0 radical (unpaired) electrons. The molecule has 3 heteroatoms. The topological polar surface area (TPSA) is 12.0 Å². The van der Waals surface area contributed by atoms with Gasteiger partial charge in [0.05, 0.1) is 4.34 Å². The maximum absolute atomic E-state index is 6.03. The summed E-state index contributed by atoms with van der Waals surface area (Å²) in [6, 6.07) is 4.74. The number of halogens is 1. The van der Waals surface area contributed by atoms with Crippen molar-refractivity contribution in [2.45, 2.75) is 47.1 Å². The van der Waals surface area contributed by atoms with Gasteiger partial charge in [0.2, 0.25) is 0 Å². The highest BCUT2D eigenvalue weighted by molar-refractivity contribution is 7.16. The predicted octanol–water partition coefficient (Wildman–Crippen LogP) is 4.60. The van der Waals surface area contributed by atoms with Crippen molar-refractivity contribution in [2.24, 2.45) is 16.7 Å². The average Bonchev–Trinajstić information content (AvgIpc) is 2.58. The third-order valence-electron chi connectivity index (χ3n) is 5.05. The van der Waals surface area contributed by atoms with Gasteiger partial charge < -0.3 is 5.32 Å². The SMILES string of the molecule is CCNC(Cc1ccc(Cl)s1)C1C(C)(C)C1(C)C. The van der Waals surface area contributed by atoms with Crippen LogP contribution in [0.1, 0.15) is 39.5 Å². The van der Waals surface area contributed by atoms with E-state index in [1.807, 2.05) is 6.07 Å². The molecule has 0 saturated heterocycles. The van der Waals surface area contributed by atoms with Gasteiger partial charge in [0.25, 0.3) is 0 Å². The van der Waals surface area contributed by atoms with Crippen LogP contribution in [0.4, 0.5) is 0 Å². The van der Waals surface area contributed by atoms with Crippen molar-refractivity contribution in [1.29, 1.82) is 0 Å². The van der Waals surface area contributed by atoms with E-state index in [1.165, 1.54) is 4.88 Å². The lowest BCUT2D eigenvalue weighted by Gasteiger charge is -2.19. The fourth-order valence-electron chi connectivity index (χ4n) is 3.50. The van der Waals surface area contributed by atoms with Crippen molar-refractivity contribution in [3.63, 3.8) is 0 Å². The van der Waals surface area contributed by atoms with Crippen LogP contribution in [0.5, 0.6) is 0 Å². The van der Waals surface area contributed by atoms with Gasteiger partial charge in [-0.1, -0.05) is 46.2 Å². The van der Waals surface area contributed by atoms with E-state index in [0.29, 0.717) is 16.9 Å². The summed E-state index contributed by atoms with van der Waals surface area (Å²) < 4.78 is 0.898. The van der Waals surface area contributed by atoms with Crippen LogP contribution < -0.4 is 5.32 Å². The van der Waals surface area contributed by atoms with Crippen LogP contribution in [-0.2, 0) is 6.42 Å². The molecule has 0 bridgehead atoms. The van der Waals surface area contributed by atoms with E-state index in [-0.39, 0.29) is 0 Å². The van der Waals surface area contributed by atoms with Gasteiger partial charge in [0.1, 0.15) is 0 Å². The fraction of sp³-hybridized carbons (Fsp3) is 0.733. The van der Waals surface area contributed by atoms with E-state index in [2.05, 4.69) is 46.0 Å². The maximum atomic E-state index is 6.03. The average molecular weight is 286 g/mol. The second kappa shape index (κ2) is 4.81. The van der Waals surface area contributed by atoms with Gasteiger partial charge in [-0.25, -0.2) is 0 Å². The van der Waals surface area contributed by atoms with Crippen molar-refractivity contribution in [3.05, 3.63) is 21.3 Å². The van der Waals surface area contributed by atoms with Crippen molar-refractivity contribution in [3.8, 4) is 0 Å². The lowest BCUT2D eigenvalue weighted by atomic mass is 10.0. The molecular weight excluding hydrogens is 262 g/mol. The Bertz CT molecular complexity index is 408. The minimum atomic E-state index is 0.431. The molecule has 1 N–H and O–H groups in total. The molecule has 1 heterocycles. The molecule has 0 amide bonds. The number of likely N-dealkylation sites (N-methyl/N-ethyl adjacent to an activating group) is 1. The highest BCUT2D eigenvalue weighted by atomic mass is 35.5. The summed E-state index contributed by atoms with van der Waals surface area (Å²) in [5.41, 5.74) is 0.863. The van der Waals surface area contributed by atoms with Gasteiger partial charge in [-0.2, -0.15) is 0 Å². The molecule has 1 atom stereocenters. The summed E-state index contributed by atoms with van der Waals surface area (Å²) in [4.78, 5) is 1.39. The first kappa shape index (κ1) is 14.4. The van der Waals surface area contributed by atoms with E-state index in [1.54, 1.807) is 11.3 Å². The van der Waals surface area contributed by atoms with Crippen LogP contribution in [0.25, 0.3) is 0 Å². The van der Waals surface area contributed by atoms with Gasteiger partial charge in [-0.15, -0.1) is 11.3 Å². The quantitative estimate of drug-likeness (QED) is 0.833. The molecule has 0 spiro atoms. The van der Waals surface area contributed by atoms with Crippen LogP contribution in [0.2, 0.25) is 4.34 Å². The summed E-state index contributed by atoms with van der Waals surface area (Å²) in [6.07, 6.45) is 1.10. The molecule has 1 aromatic heterocycles. The lowest BCUT2D eigenvalue weighted by molar-refractivity contribution is 0.405. The van der Waals surface area contributed by atoms with Gasteiger partial charge in [-0.3, -0.25) is 0 Å². The third kappa shape index (κ3) is 2.35. The summed E-state index contributed by atoms with van der Waals surface area (Å²) in [6.45, 7) is 12.8. The Morgan fingerprint density at radius 3 is 2.28 bits per heavy atom. The zero-order valence-corrected chi connectivity index (χ0v) is 13.6. The molecule has 1 aliphatic carbocycles. The lowest BCUT2D eigenvalue weighted by Crippen LogP contribution is -2.35. The first-order valence-corrected chi connectivity index (χ1v) is 7.97. The molecule has 1 nitrogen and oxygen atoms in total. The van der Waals surface area contributed by atoms with E-state index in [4.69, 9.17) is 11.6 Å². The molecule has 0 aromatic carbocycles. The van der Waals surface area contributed by atoms with E-state index in [0.717, 1.165) is 23.2 Å². The normalized spacial score (nSPS) is 23.0. The second-order valence-corrected chi connectivity index (χ2v) is 8.29. The number of nitrogens with one attached hydrogen (secondary N) is 1. The van der Waals surface area contributed by atoms with Crippen molar-refractivity contribution in [1.82, 2.24) is 5.32 Å². The highest BCUT2D eigenvalue weighted by Crippen LogP contribution is 2.69. The van der Waals surface area contributed by atoms with Gasteiger partial charge in [0, 0.05) is 10.9 Å². The Kier molecular flexibility index (Phi) is 3.84. The Balaban J connectivity index is 2.11. The summed E-state index contributed by atoms with van der Waals surface area (Å²) in [7, 11) is 0. The Morgan fingerprint density at radius 2 is 1.89 bits per heavy atom. The minimum Gasteiger partial charge on any atom is -0.314 e. The summed E-state index contributed by atoms with van der Waals surface area (Å²) >= 11 is 7.74. The smallest absolute Gasteiger partial charge is 0.0931 e. The Labute approximate surface area is 120 Å². The van der Waals surface area contributed by atoms with Crippen LogP contribution in [0.3, 0.4) is 0 Å². The minimum absolute atomic E-state index is 0.431. The van der Waals surface area contributed by atoms with Crippen molar-refractivity contribution >= 4 is 22.9 Å². The molecule has 1 aliphatic rings. The fourth-order valence-corrected chi connectivity index (χ4v) is 4.65. The number of hydrogen-bond acceptors (Lipinski definition) is 2. The van der Waals surface area contributed by atoms with Crippen LogP contribution in [0, 0.1) is 16.7 Å².